The maximum Gasteiger partial charge on any atom is 0.549 e. The number of hydrogen-bond donors (Lipinski definition) is 0. The van der Waals surface area contributed by atoms with Crippen LogP contribution in [0, 0.1) is 0 Å². The van der Waals surface area contributed by atoms with Crippen LogP contribution in [0.4, 0.5) is 26.3 Å². The highest BCUT2D eigenvalue weighted by Crippen LogP contribution is 2.23. The third-order valence-corrected chi connectivity index (χ3v) is 0.231. The Kier molecular flexibility index (Phi) is 2.49. The minimum atomic E-state index is -5.44. The lowest BCUT2D eigenvalue weighted by Crippen LogP contribution is -2.21. The molecule has 10 heavy (non-hydrogen) atoms. The predicted molar refractivity (Wildman–Crippen MR) is 14.3 cm³/mol. The van der Waals surface area contributed by atoms with E-state index in [2.05, 4.69) is 0 Å². The van der Waals surface area contributed by atoms with Gasteiger partial charge >= 0.3 is 12.7 Å². The van der Waals surface area contributed by atoms with E-state index >= 15 is 0 Å². The molecule has 0 N–H and O–H groups in total. The SMILES string of the molecule is FC(F)(F)OOC(F)(F)F. The lowest BCUT2D eigenvalue weighted by Gasteiger charge is -2.07. The Hall–Kier alpha value is -0.500. The van der Waals surface area contributed by atoms with Crippen molar-refractivity contribution in [2.45, 2.75) is 12.7 Å². The molecule has 0 aliphatic carbocycles. The molecule has 0 fully saturated rings. The second kappa shape index (κ2) is 2.62. The largest absolute Gasteiger partial charge is 0.549 e. The smallest absolute Gasteiger partial charge is 0.142 e. The molecule has 0 rings (SSSR count). The molecule has 0 saturated heterocycles. The van der Waals surface area contributed by atoms with Crippen LogP contribution in [0.15, 0.2) is 0 Å². The summed E-state index contributed by atoms with van der Waals surface area (Å²) in [4.78, 5) is 3.94. The molecular formula is C2F6O2. The lowest BCUT2D eigenvalue weighted by molar-refractivity contribution is -0.572. The Bertz CT molecular complexity index is 87.3. The summed E-state index contributed by atoms with van der Waals surface area (Å²) in [5, 5.41) is 0. The summed E-state index contributed by atoms with van der Waals surface area (Å²) in [6, 6.07) is 0. The first-order valence-electron chi connectivity index (χ1n) is 1.71. The molecule has 0 aromatic heterocycles. The molecule has 2 nitrogen and oxygen atoms in total. The molecule has 0 aliphatic rings. The van der Waals surface area contributed by atoms with Crippen molar-refractivity contribution in [3.63, 3.8) is 0 Å². The van der Waals surface area contributed by atoms with Crippen LogP contribution < -0.4 is 0 Å². The van der Waals surface area contributed by atoms with E-state index in [1.807, 2.05) is 9.78 Å². The van der Waals surface area contributed by atoms with Crippen LogP contribution in [-0.2, 0) is 9.78 Å². The first kappa shape index (κ1) is 9.50. The molecule has 0 aromatic carbocycles. The van der Waals surface area contributed by atoms with Crippen molar-refractivity contribution in [2.75, 3.05) is 0 Å². The molecule has 0 unspecified atom stereocenters. The number of alkyl halides is 6. The van der Waals surface area contributed by atoms with Crippen molar-refractivity contribution in [3.8, 4) is 0 Å². The standard InChI is InChI=1S/C2F6O2/c3-1(4,5)9-10-2(6,7)8. The van der Waals surface area contributed by atoms with Crippen LogP contribution >= 0.6 is 0 Å². The third kappa shape index (κ3) is 7.50. The second-order valence-corrected chi connectivity index (χ2v) is 1.06. The molecule has 62 valence electrons. The molecule has 0 bridgehead atoms. The van der Waals surface area contributed by atoms with E-state index in [4.69, 9.17) is 0 Å². The Morgan fingerprint density at radius 1 is 0.600 bits per heavy atom. The number of halogens is 6. The van der Waals surface area contributed by atoms with Gasteiger partial charge in [-0.25, -0.2) is 0 Å². The van der Waals surface area contributed by atoms with E-state index in [0.29, 0.717) is 0 Å². The van der Waals surface area contributed by atoms with E-state index < -0.39 is 12.7 Å². The first-order valence-corrected chi connectivity index (χ1v) is 1.71. The zero-order valence-corrected chi connectivity index (χ0v) is 4.08. The van der Waals surface area contributed by atoms with Crippen LogP contribution in [0.25, 0.3) is 0 Å². The fourth-order valence-corrected chi connectivity index (χ4v) is 0.0945. The monoisotopic (exact) mass is 170 g/mol. The second-order valence-electron chi connectivity index (χ2n) is 1.06. The van der Waals surface area contributed by atoms with Gasteiger partial charge < -0.3 is 0 Å². The van der Waals surface area contributed by atoms with Crippen molar-refractivity contribution < 1.29 is 36.1 Å². The highest BCUT2D eigenvalue weighted by atomic mass is 19.4. The van der Waals surface area contributed by atoms with Crippen molar-refractivity contribution in [2.24, 2.45) is 0 Å². The number of hydrogen-bond acceptors (Lipinski definition) is 2. The zero-order valence-electron chi connectivity index (χ0n) is 4.08. The van der Waals surface area contributed by atoms with Gasteiger partial charge in [0.05, 0.1) is 0 Å². The van der Waals surface area contributed by atoms with Gasteiger partial charge in [0.1, 0.15) is 0 Å². The first-order chi connectivity index (χ1) is 4.21. The van der Waals surface area contributed by atoms with Gasteiger partial charge in [-0.3, -0.25) is 0 Å². The average Bonchev–Trinajstić information content (AvgIpc) is 1.57. The fraction of sp³-hybridized carbons (Fsp3) is 1.00. The summed E-state index contributed by atoms with van der Waals surface area (Å²) < 4.78 is 64.4. The van der Waals surface area contributed by atoms with Gasteiger partial charge in [-0.2, -0.15) is 0 Å². The maximum atomic E-state index is 10.7. The van der Waals surface area contributed by atoms with Crippen LogP contribution in [0.5, 0.6) is 0 Å². The summed E-state index contributed by atoms with van der Waals surface area (Å²) in [6.45, 7) is 0. The van der Waals surface area contributed by atoms with E-state index in [-0.39, 0.29) is 0 Å². The molecule has 8 heteroatoms. The topological polar surface area (TPSA) is 18.5 Å². The Morgan fingerprint density at radius 3 is 0.900 bits per heavy atom. The molecule has 0 atom stereocenters. The number of rotatable bonds is 1. The van der Waals surface area contributed by atoms with Crippen LogP contribution in [0.2, 0.25) is 0 Å². The molecule has 0 aromatic rings. The quantitative estimate of drug-likeness (QED) is 0.340. The van der Waals surface area contributed by atoms with Gasteiger partial charge in [-0.05, 0) is 0 Å². The van der Waals surface area contributed by atoms with Crippen molar-refractivity contribution in [3.05, 3.63) is 0 Å². The van der Waals surface area contributed by atoms with Crippen molar-refractivity contribution >= 4 is 0 Å². The van der Waals surface area contributed by atoms with Crippen LogP contribution in [0.1, 0.15) is 0 Å². The molecule has 0 spiro atoms. The van der Waals surface area contributed by atoms with Gasteiger partial charge in [0.15, 0.2) is 0 Å². The Morgan fingerprint density at radius 2 is 0.800 bits per heavy atom. The Labute approximate surface area is 50.3 Å². The molecule has 0 radical (unpaired) electrons. The van der Waals surface area contributed by atoms with Crippen molar-refractivity contribution in [1.82, 2.24) is 0 Å². The van der Waals surface area contributed by atoms with Gasteiger partial charge in [0.2, 0.25) is 0 Å². The highest BCUT2D eigenvalue weighted by molar-refractivity contribution is 4.19. The average molecular weight is 170 g/mol. The maximum absolute atomic E-state index is 10.7. The van der Waals surface area contributed by atoms with Gasteiger partial charge in [-0.1, -0.05) is 0 Å². The lowest BCUT2D eigenvalue weighted by atomic mass is 11.3. The normalized spacial score (nSPS) is 13.8. The van der Waals surface area contributed by atoms with E-state index in [1.165, 1.54) is 0 Å². The van der Waals surface area contributed by atoms with Crippen LogP contribution in [0.3, 0.4) is 0 Å². The third-order valence-electron chi connectivity index (χ3n) is 0.231. The van der Waals surface area contributed by atoms with Crippen molar-refractivity contribution in [1.29, 1.82) is 0 Å². The summed E-state index contributed by atoms with van der Waals surface area (Å²) in [6.07, 6.45) is -10.9. The van der Waals surface area contributed by atoms with E-state index in [9.17, 15) is 26.3 Å². The highest BCUT2D eigenvalue weighted by Gasteiger charge is 2.40. The minimum Gasteiger partial charge on any atom is -0.142 e. The summed E-state index contributed by atoms with van der Waals surface area (Å²) in [7, 11) is 0. The summed E-state index contributed by atoms with van der Waals surface area (Å²) in [5.74, 6) is 0. The molecule has 0 heterocycles. The molecule has 0 saturated carbocycles. The Balaban J connectivity index is 3.56. The molecule has 0 amide bonds. The van der Waals surface area contributed by atoms with Gasteiger partial charge in [0.25, 0.3) is 0 Å². The predicted octanol–water partition coefficient (Wildman–Crippen LogP) is 1.97. The zero-order chi connectivity index (χ0) is 8.41. The fourth-order valence-electron chi connectivity index (χ4n) is 0.0945. The van der Waals surface area contributed by atoms with Gasteiger partial charge in [0, 0.05) is 0 Å². The summed E-state index contributed by atoms with van der Waals surface area (Å²) in [5.41, 5.74) is 0. The minimum absolute atomic E-state index is 1.97. The van der Waals surface area contributed by atoms with E-state index in [1.54, 1.807) is 0 Å². The molecule has 0 aliphatic heterocycles. The van der Waals surface area contributed by atoms with Crippen LogP contribution in [-0.4, -0.2) is 12.7 Å². The summed E-state index contributed by atoms with van der Waals surface area (Å²) >= 11 is 0. The van der Waals surface area contributed by atoms with Gasteiger partial charge in [-0.15, -0.1) is 36.1 Å². The molecular weight excluding hydrogens is 170 g/mol. The van der Waals surface area contributed by atoms with E-state index in [0.717, 1.165) is 0 Å².